The fourth-order valence-electron chi connectivity index (χ4n) is 5.69. The predicted octanol–water partition coefficient (Wildman–Crippen LogP) is 3.38. The molecule has 2 aromatic rings. The van der Waals surface area contributed by atoms with Crippen LogP contribution in [0.5, 0.6) is 5.75 Å². The highest BCUT2D eigenvalue weighted by atomic mass is 32.2. The number of nitrogens with one attached hydrogen (secondary N) is 2. The van der Waals surface area contributed by atoms with Gasteiger partial charge in [0.05, 0.1) is 17.2 Å². The number of ether oxygens (including phenoxy) is 1. The van der Waals surface area contributed by atoms with Crippen molar-refractivity contribution in [1.82, 2.24) is 15.2 Å². The molecule has 1 aromatic heterocycles. The molecular formula is C26H32N4O3S. The van der Waals surface area contributed by atoms with Gasteiger partial charge in [-0.1, -0.05) is 12.1 Å². The third-order valence-corrected chi connectivity index (χ3v) is 9.36. The third kappa shape index (κ3) is 4.12. The second kappa shape index (κ2) is 8.66. The molecule has 0 amide bonds. The zero-order chi connectivity index (χ0) is 23.3. The lowest BCUT2D eigenvalue weighted by atomic mass is 9.87. The van der Waals surface area contributed by atoms with Crippen LogP contribution in [0.2, 0.25) is 0 Å². The van der Waals surface area contributed by atoms with Crippen LogP contribution in [0.25, 0.3) is 5.57 Å². The van der Waals surface area contributed by atoms with E-state index >= 15 is 0 Å². The quantitative estimate of drug-likeness (QED) is 0.697. The number of hydrogen-bond acceptors (Lipinski definition) is 7. The molecule has 0 aliphatic carbocycles. The molecule has 0 bridgehead atoms. The molecule has 0 unspecified atom stereocenters. The van der Waals surface area contributed by atoms with Crippen LogP contribution < -0.4 is 15.4 Å². The average Bonchev–Trinajstić information content (AvgIpc) is 2.98. The summed E-state index contributed by atoms with van der Waals surface area (Å²) in [6.45, 7) is 7.12. The Labute approximate surface area is 201 Å². The van der Waals surface area contributed by atoms with E-state index in [0.29, 0.717) is 18.9 Å². The van der Waals surface area contributed by atoms with E-state index in [9.17, 15) is 8.42 Å². The van der Waals surface area contributed by atoms with Crippen LogP contribution in [0, 0.1) is 6.92 Å². The highest BCUT2D eigenvalue weighted by Crippen LogP contribution is 2.42. The van der Waals surface area contributed by atoms with E-state index in [1.165, 1.54) is 18.4 Å². The Morgan fingerprint density at radius 1 is 1.18 bits per heavy atom. The van der Waals surface area contributed by atoms with Crippen molar-refractivity contribution in [2.75, 3.05) is 43.0 Å². The molecule has 5 heterocycles. The third-order valence-electron chi connectivity index (χ3n) is 7.86. The normalized spacial score (nSPS) is 22.9. The maximum atomic E-state index is 11.9. The first-order valence-corrected chi connectivity index (χ1v) is 14.2. The van der Waals surface area contributed by atoms with Crippen molar-refractivity contribution in [2.24, 2.45) is 0 Å². The minimum atomic E-state index is -2.97. The van der Waals surface area contributed by atoms with Crippen LogP contribution in [0.3, 0.4) is 0 Å². The van der Waals surface area contributed by atoms with Crippen LogP contribution in [0.15, 0.2) is 30.5 Å². The minimum Gasteiger partial charge on any atom is -0.486 e. The van der Waals surface area contributed by atoms with Gasteiger partial charge in [-0.3, -0.25) is 4.90 Å². The van der Waals surface area contributed by atoms with Crippen LogP contribution >= 0.6 is 0 Å². The van der Waals surface area contributed by atoms with Gasteiger partial charge < -0.3 is 15.4 Å². The Hall–Kier alpha value is -2.42. The van der Waals surface area contributed by atoms with E-state index in [1.54, 1.807) is 6.20 Å². The molecule has 7 nitrogen and oxygen atoms in total. The monoisotopic (exact) mass is 480 g/mol. The van der Waals surface area contributed by atoms with E-state index in [-0.39, 0.29) is 11.5 Å². The largest absolute Gasteiger partial charge is 0.486 e. The maximum absolute atomic E-state index is 11.9. The van der Waals surface area contributed by atoms with Gasteiger partial charge in [-0.2, -0.15) is 0 Å². The number of sulfone groups is 1. The maximum Gasteiger partial charge on any atom is 0.154 e. The van der Waals surface area contributed by atoms with Gasteiger partial charge in [0, 0.05) is 30.9 Å². The van der Waals surface area contributed by atoms with Crippen LogP contribution in [-0.2, 0) is 16.4 Å². The summed E-state index contributed by atoms with van der Waals surface area (Å²) in [5, 5.41) is 6.95. The summed E-state index contributed by atoms with van der Waals surface area (Å²) in [6, 6.07) is 7.25. The Bertz CT molecular complexity index is 1240. The molecule has 2 saturated heterocycles. The molecule has 6 rings (SSSR count). The van der Waals surface area contributed by atoms with Gasteiger partial charge in [-0.15, -0.1) is 0 Å². The smallest absolute Gasteiger partial charge is 0.154 e. The number of pyridine rings is 1. The van der Waals surface area contributed by atoms with Crippen molar-refractivity contribution < 1.29 is 13.2 Å². The van der Waals surface area contributed by atoms with Gasteiger partial charge >= 0.3 is 0 Å². The average molecular weight is 481 g/mol. The zero-order valence-electron chi connectivity index (χ0n) is 19.6. The second-order valence-corrected chi connectivity index (χ2v) is 12.3. The van der Waals surface area contributed by atoms with Gasteiger partial charge in [-0.25, -0.2) is 13.4 Å². The van der Waals surface area contributed by atoms with Crippen LogP contribution in [-0.4, -0.2) is 62.0 Å². The van der Waals surface area contributed by atoms with E-state index in [2.05, 4.69) is 39.6 Å². The van der Waals surface area contributed by atoms with Crippen LogP contribution in [0.1, 0.15) is 47.4 Å². The van der Waals surface area contributed by atoms with Gasteiger partial charge in [0.15, 0.2) is 9.84 Å². The van der Waals surface area contributed by atoms with Crippen molar-refractivity contribution >= 4 is 26.9 Å². The number of aryl methyl sites for hydroxylation is 1. The number of anilines is 2. The molecule has 0 atom stereocenters. The molecule has 8 heteroatoms. The topological polar surface area (TPSA) is 83.6 Å². The lowest BCUT2D eigenvalue weighted by Gasteiger charge is -2.42. The molecule has 0 radical (unpaired) electrons. The molecule has 0 saturated carbocycles. The summed E-state index contributed by atoms with van der Waals surface area (Å²) in [6.07, 6.45) is 6.56. The van der Waals surface area contributed by atoms with Gasteiger partial charge in [0.2, 0.25) is 0 Å². The lowest BCUT2D eigenvalue weighted by molar-refractivity contribution is 0.113. The van der Waals surface area contributed by atoms with Gasteiger partial charge in [0.1, 0.15) is 18.2 Å². The molecule has 1 aromatic carbocycles. The highest BCUT2D eigenvalue weighted by Gasteiger charge is 2.30. The minimum absolute atomic E-state index is 0.104. The lowest BCUT2D eigenvalue weighted by Crippen LogP contribution is -2.58. The summed E-state index contributed by atoms with van der Waals surface area (Å²) < 4.78 is 30.1. The van der Waals surface area contributed by atoms with Gasteiger partial charge in [0.25, 0.3) is 0 Å². The number of likely N-dealkylation sites (tertiary alicyclic amines) is 1. The number of aromatic nitrogens is 1. The van der Waals surface area contributed by atoms with E-state index < -0.39 is 9.84 Å². The fraction of sp³-hybridized carbons (Fsp3) is 0.500. The number of nitrogens with zero attached hydrogens (tertiary/aromatic N) is 2. The van der Waals surface area contributed by atoms with E-state index in [1.807, 2.05) is 12.1 Å². The summed E-state index contributed by atoms with van der Waals surface area (Å²) >= 11 is 0. The fourth-order valence-corrected chi connectivity index (χ4v) is 6.85. The Morgan fingerprint density at radius 3 is 2.71 bits per heavy atom. The number of allylic oxidation sites excluding steroid dienone is 1. The van der Waals surface area contributed by atoms with Crippen molar-refractivity contribution in [3.63, 3.8) is 0 Å². The molecule has 4 aliphatic heterocycles. The second-order valence-electron chi connectivity index (χ2n) is 10.0. The molecule has 2 N–H and O–H groups in total. The van der Waals surface area contributed by atoms with Gasteiger partial charge in [-0.05, 0) is 79.6 Å². The predicted molar refractivity (Wildman–Crippen MR) is 134 cm³/mol. The van der Waals surface area contributed by atoms with E-state index in [4.69, 9.17) is 4.74 Å². The Kier molecular flexibility index (Phi) is 5.62. The van der Waals surface area contributed by atoms with E-state index in [0.717, 1.165) is 71.7 Å². The number of hydrogen-bond donors (Lipinski definition) is 2. The molecule has 0 spiro atoms. The molecular weight excluding hydrogens is 448 g/mol. The first kappa shape index (κ1) is 22.1. The number of benzene rings is 1. The SMILES string of the molecule is Cc1cc(C2CCN(C3CNC3)CC2)cc2c1OCc1c(C3=CCS(=O)(=O)CC3)ccnc1N2. The summed E-state index contributed by atoms with van der Waals surface area (Å²) in [4.78, 5) is 7.27. The highest BCUT2D eigenvalue weighted by molar-refractivity contribution is 7.91. The zero-order valence-corrected chi connectivity index (χ0v) is 20.5. The number of piperidine rings is 1. The number of fused-ring (bicyclic) bond motifs is 2. The summed E-state index contributed by atoms with van der Waals surface area (Å²) in [7, 11) is -2.97. The standard InChI is InChI=1S/C26H32N4O3S/c1-17-12-20(18-3-8-30(9-4-18)21-14-27-15-21)13-24-25(17)33-16-23-22(2-7-28-26(23)29-24)19-5-10-34(31,32)11-6-19/h2,5,7,12-13,18,21,27H,3-4,6,8-11,14-16H2,1H3,(H,28,29). The first-order chi connectivity index (χ1) is 16.5. The van der Waals surface area contributed by atoms with Crippen LogP contribution in [0.4, 0.5) is 11.5 Å². The molecule has 34 heavy (non-hydrogen) atoms. The number of rotatable bonds is 3. The molecule has 180 valence electrons. The summed E-state index contributed by atoms with van der Waals surface area (Å²) in [5.41, 5.74) is 6.59. The Balaban J connectivity index is 1.26. The van der Waals surface area contributed by atoms with Crippen molar-refractivity contribution in [1.29, 1.82) is 0 Å². The first-order valence-electron chi connectivity index (χ1n) is 12.3. The molecule has 2 fully saturated rings. The molecule has 4 aliphatic rings. The van der Waals surface area contributed by atoms with Crippen molar-refractivity contribution in [2.45, 2.75) is 44.8 Å². The summed E-state index contributed by atoms with van der Waals surface area (Å²) in [5.74, 6) is 2.54. The van der Waals surface area contributed by atoms with Crippen molar-refractivity contribution in [3.8, 4) is 5.75 Å². The van der Waals surface area contributed by atoms with Crippen molar-refractivity contribution in [3.05, 3.63) is 52.7 Å². The Morgan fingerprint density at radius 2 is 2.00 bits per heavy atom.